The molecule has 0 bridgehead atoms. The van der Waals surface area contributed by atoms with E-state index in [1.54, 1.807) is 50.6 Å². The molecule has 1 spiro atoms. The zero-order valence-corrected chi connectivity index (χ0v) is 25.3. The maximum atomic E-state index is 14.5. The number of amides is 2. The van der Waals surface area contributed by atoms with Crippen LogP contribution in [0, 0.1) is 6.92 Å². The van der Waals surface area contributed by atoms with E-state index in [9.17, 15) is 9.59 Å². The quantitative estimate of drug-likeness (QED) is 0.278. The molecule has 2 aliphatic rings. The summed E-state index contributed by atoms with van der Waals surface area (Å²) in [5.74, 6) is 0.388. The molecule has 6 rings (SSSR count). The van der Waals surface area contributed by atoms with Crippen molar-refractivity contribution in [2.75, 3.05) is 17.3 Å². The van der Waals surface area contributed by atoms with Crippen LogP contribution in [0.5, 0.6) is 11.6 Å². The molecule has 2 amide bonds. The van der Waals surface area contributed by atoms with Gasteiger partial charge in [0.2, 0.25) is 5.88 Å². The van der Waals surface area contributed by atoms with Crippen LogP contribution < -0.4 is 19.7 Å². The van der Waals surface area contributed by atoms with E-state index in [-0.39, 0.29) is 17.8 Å². The van der Waals surface area contributed by atoms with Gasteiger partial charge in [-0.2, -0.15) is 0 Å². The highest BCUT2D eigenvalue weighted by molar-refractivity contribution is 6.32. The molecule has 1 atom stereocenters. The second kappa shape index (κ2) is 9.99. The van der Waals surface area contributed by atoms with E-state index >= 15 is 0 Å². The summed E-state index contributed by atoms with van der Waals surface area (Å²) < 4.78 is 13.4. The minimum atomic E-state index is -1.62. The Bertz CT molecular complexity index is 1790. The van der Waals surface area contributed by atoms with Crippen LogP contribution in [0.2, 0.25) is 10.0 Å². The molecule has 3 aromatic heterocycles. The van der Waals surface area contributed by atoms with Crippen LogP contribution in [-0.2, 0) is 10.3 Å². The molecule has 1 aromatic carbocycles. The fraction of sp³-hybridized carbons (Fsp3) is 0.300. The zero-order chi connectivity index (χ0) is 30.1. The number of nitrogens with one attached hydrogen (secondary N) is 1. The van der Waals surface area contributed by atoms with Gasteiger partial charge in [0.05, 0.1) is 40.9 Å². The van der Waals surface area contributed by atoms with Gasteiger partial charge in [-0.1, -0.05) is 29.3 Å². The lowest BCUT2D eigenvalue weighted by Gasteiger charge is -2.36. The second-order valence-corrected chi connectivity index (χ2v) is 11.6. The Morgan fingerprint density at radius 3 is 2.45 bits per heavy atom. The number of aromatic nitrogens is 4. The van der Waals surface area contributed by atoms with Crippen molar-refractivity contribution in [2.45, 2.75) is 52.3 Å². The molecule has 1 unspecified atom stereocenters. The largest absolute Gasteiger partial charge is 0.496 e. The first kappa shape index (κ1) is 28.0. The van der Waals surface area contributed by atoms with Gasteiger partial charge < -0.3 is 19.4 Å². The lowest BCUT2D eigenvalue weighted by atomic mass is 9.87. The summed E-state index contributed by atoms with van der Waals surface area (Å²) in [4.78, 5) is 44.0. The molecule has 0 fully saturated rings. The van der Waals surface area contributed by atoms with Gasteiger partial charge >= 0.3 is 0 Å². The summed E-state index contributed by atoms with van der Waals surface area (Å²) in [7, 11) is 1.54. The molecule has 0 saturated heterocycles. The number of fused-ring (bicyclic) bond motifs is 4. The number of methoxy groups -OCH3 is 1. The monoisotopic (exact) mass is 606 g/mol. The summed E-state index contributed by atoms with van der Waals surface area (Å²) in [6.45, 7) is 9.50. The number of hydrogen-bond acceptors (Lipinski definition) is 7. The van der Waals surface area contributed by atoms with Gasteiger partial charge in [-0.25, -0.2) is 9.97 Å². The predicted molar refractivity (Wildman–Crippen MR) is 160 cm³/mol. The molecule has 0 aliphatic carbocycles. The van der Waals surface area contributed by atoms with Crippen LogP contribution in [0.3, 0.4) is 0 Å². The van der Waals surface area contributed by atoms with Gasteiger partial charge in [0.15, 0.2) is 11.2 Å². The summed E-state index contributed by atoms with van der Waals surface area (Å²) in [6.07, 6.45) is 3.02. The number of hydrogen-bond donors (Lipinski definition) is 1. The Morgan fingerprint density at radius 2 is 1.76 bits per heavy atom. The molecule has 12 heteroatoms. The van der Waals surface area contributed by atoms with Gasteiger partial charge in [-0.05, 0) is 52.8 Å². The molecule has 0 radical (unpaired) electrons. The van der Waals surface area contributed by atoms with Crippen molar-refractivity contribution in [3.63, 3.8) is 0 Å². The maximum absolute atomic E-state index is 14.5. The summed E-state index contributed by atoms with van der Waals surface area (Å²) in [6, 6.07) is 8.21. The first-order valence-corrected chi connectivity index (χ1v) is 14.2. The van der Waals surface area contributed by atoms with Crippen LogP contribution >= 0.6 is 23.2 Å². The Labute approximate surface area is 252 Å². The first-order chi connectivity index (χ1) is 20.0. The van der Waals surface area contributed by atoms with Crippen LogP contribution in [-0.4, -0.2) is 44.5 Å². The van der Waals surface area contributed by atoms with Crippen LogP contribution in [0.15, 0.2) is 42.7 Å². The maximum Gasteiger partial charge on any atom is 0.280 e. The van der Waals surface area contributed by atoms with Crippen molar-refractivity contribution in [1.82, 2.24) is 19.5 Å². The fourth-order valence-electron chi connectivity index (χ4n) is 5.79. The molecule has 4 aromatic rings. The van der Waals surface area contributed by atoms with E-state index in [2.05, 4.69) is 15.3 Å². The topological polar surface area (TPSA) is 111 Å². The highest BCUT2D eigenvalue weighted by Gasteiger charge is 2.64. The van der Waals surface area contributed by atoms with Gasteiger partial charge in [0.1, 0.15) is 11.6 Å². The SMILES string of the molecule is COc1cc(OC(C)C)ncc1-c1nc2c(n1C(C)C)C1(C(=O)Nc3cc(Cl)ccc31)N(c1cc(Cl)cnc1C)C2=O. The van der Waals surface area contributed by atoms with E-state index in [1.165, 1.54) is 11.1 Å². The van der Waals surface area contributed by atoms with E-state index < -0.39 is 17.4 Å². The Morgan fingerprint density at radius 1 is 1.00 bits per heavy atom. The summed E-state index contributed by atoms with van der Waals surface area (Å²) in [5, 5.41) is 3.73. The number of carbonyl (C=O) groups is 2. The third-order valence-corrected chi connectivity index (χ3v) is 7.83. The van der Waals surface area contributed by atoms with Crippen molar-refractivity contribution in [2.24, 2.45) is 0 Å². The number of carbonyl (C=O) groups excluding carboxylic acids is 2. The molecular weight excluding hydrogens is 579 g/mol. The second-order valence-electron chi connectivity index (χ2n) is 10.7. The minimum absolute atomic E-state index is 0.0862. The van der Waals surface area contributed by atoms with Gasteiger partial charge in [-0.15, -0.1) is 0 Å². The normalized spacial score (nSPS) is 17.3. The zero-order valence-electron chi connectivity index (χ0n) is 23.8. The van der Waals surface area contributed by atoms with Crippen molar-refractivity contribution >= 4 is 46.4 Å². The fourth-order valence-corrected chi connectivity index (χ4v) is 6.11. The molecular formula is C30H28Cl2N6O4. The van der Waals surface area contributed by atoms with Crippen molar-refractivity contribution in [1.29, 1.82) is 0 Å². The predicted octanol–water partition coefficient (Wildman–Crippen LogP) is 6.19. The molecule has 0 saturated carbocycles. The number of aryl methyl sites for hydroxylation is 1. The van der Waals surface area contributed by atoms with E-state index in [0.29, 0.717) is 61.4 Å². The summed E-state index contributed by atoms with van der Waals surface area (Å²) >= 11 is 12.7. The lowest BCUT2D eigenvalue weighted by molar-refractivity contribution is -0.119. The molecule has 2 aliphatic heterocycles. The van der Waals surface area contributed by atoms with E-state index in [4.69, 9.17) is 37.7 Å². The van der Waals surface area contributed by atoms with Crippen molar-refractivity contribution in [3.05, 3.63) is 75.4 Å². The highest BCUT2D eigenvalue weighted by Crippen LogP contribution is 2.55. The standard InChI is InChI=1S/C30H28Cl2N6O4/c1-14(2)37-26-25(36-27(37)19-13-34-24(42-15(3)4)11-23(19)41-6)28(39)38(22-10-18(32)12-33-16(22)5)30(26)20-8-7-17(31)9-21(20)35-29(30)40/h7-15H,1-6H3,(H,35,40). The smallest absolute Gasteiger partial charge is 0.280 e. The van der Waals surface area contributed by atoms with Crippen LogP contribution in [0.4, 0.5) is 11.4 Å². The number of imidazole rings is 1. The van der Waals surface area contributed by atoms with E-state index in [0.717, 1.165) is 0 Å². The number of rotatable bonds is 6. The first-order valence-electron chi connectivity index (χ1n) is 13.4. The van der Waals surface area contributed by atoms with E-state index in [1.807, 2.05) is 32.3 Å². The summed E-state index contributed by atoms with van der Waals surface area (Å²) in [5.41, 5.74) is 1.44. The highest BCUT2D eigenvalue weighted by atomic mass is 35.5. The number of pyridine rings is 2. The van der Waals surface area contributed by atoms with Crippen molar-refractivity contribution < 1.29 is 19.1 Å². The van der Waals surface area contributed by atoms with Crippen LogP contribution in [0.1, 0.15) is 61.2 Å². The number of benzene rings is 1. The average Bonchev–Trinajstić information content (AvgIpc) is 3.53. The van der Waals surface area contributed by atoms with Gasteiger partial charge in [0.25, 0.3) is 11.8 Å². The lowest BCUT2D eigenvalue weighted by Crippen LogP contribution is -2.51. The molecule has 216 valence electrons. The number of ether oxygens (including phenoxy) is 2. The molecule has 5 heterocycles. The van der Waals surface area contributed by atoms with Gasteiger partial charge in [-0.3, -0.25) is 19.5 Å². The third kappa shape index (κ3) is 3.96. The van der Waals surface area contributed by atoms with Crippen LogP contribution in [0.25, 0.3) is 11.4 Å². The molecule has 1 N–H and O–H groups in total. The number of anilines is 2. The number of nitrogens with zero attached hydrogens (tertiary/aromatic N) is 5. The molecule has 10 nitrogen and oxygen atoms in total. The van der Waals surface area contributed by atoms with Gasteiger partial charge in [0, 0.05) is 40.8 Å². The molecule has 42 heavy (non-hydrogen) atoms. The number of halogens is 2. The Kier molecular flexibility index (Phi) is 6.66. The Balaban J connectivity index is 1.68. The third-order valence-electron chi connectivity index (χ3n) is 7.39. The average molecular weight is 607 g/mol. The Hall–Kier alpha value is -4.15. The minimum Gasteiger partial charge on any atom is -0.496 e. The van der Waals surface area contributed by atoms with Crippen molar-refractivity contribution in [3.8, 4) is 23.0 Å².